The predicted octanol–water partition coefficient (Wildman–Crippen LogP) is 2.95. The third-order valence-corrected chi connectivity index (χ3v) is 6.50. The van der Waals surface area contributed by atoms with Crippen molar-refractivity contribution in [1.82, 2.24) is 24.6 Å². The molecule has 1 aromatic heterocycles. The van der Waals surface area contributed by atoms with E-state index in [2.05, 4.69) is 65.7 Å². The van der Waals surface area contributed by atoms with Gasteiger partial charge in [0, 0.05) is 45.2 Å². The molecule has 2 aliphatic rings. The molecule has 1 saturated heterocycles. The van der Waals surface area contributed by atoms with Gasteiger partial charge in [-0.15, -0.1) is 0 Å². The first-order chi connectivity index (χ1) is 13.1. The summed E-state index contributed by atoms with van der Waals surface area (Å²) in [6.45, 7) is 10.2. The van der Waals surface area contributed by atoms with Crippen LogP contribution in [0.1, 0.15) is 50.3 Å². The highest BCUT2D eigenvalue weighted by Crippen LogP contribution is 2.52. The first kappa shape index (κ1) is 18.6. The van der Waals surface area contributed by atoms with Gasteiger partial charge in [-0.3, -0.25) is 9.58 Å². The molecule has 1 aliphatic carbocycles. The molecule has 1 atom stereocenters. The fraction of sp³-hybridized carbons (Fsp3) is 0.636. The molecule has 2 heterocycles. The van der Waals surface area contributed by atoms with Crippen LogP contribution in [0, 0.1) is 0 Å². The Morgan fingerprint density at radius 1 is 1.07 bits per heavy atom. The van der Waals surface area contributed by atoms with Crippen molar-refractivity contribution in [3.05, 3.63) is 47.5 Å². The summed E-state index contributed by atoms with van der Waals surface area (Å²) in [6, 6.07) is 11.4. The Morgan fingerprint density at radius 3 is 2.41 bits per heavy atom. The molecule has 1 saturated carbocycles. The van der Waals surface area contributed by atoms with Gasteiger partial charge >= 0.3 is 0 Å². The summed E-state index contributed by atoms with van der Waals surface area (Å²) in [7, 11) is 2.22. The smallest absolute Gasteiger partial charge is 0.161 e. The number of rotatable bonds is 7. The number of aryl methyl sites for hydroxylation is 2. The lowest BCUT2D eigenvalue weighted by atomic mass is 9.95. The van der Waals surface area contributed by atoms with Crippen LogP contribution in [-0.4, -0.2) is 63.8 Å². The van der Waals surface area contributed by atoms with Crippen molar-refractivity contribution in [1.29, 1.82) is 0 Å². The number of likely N-dealkylation sites (N-methyl/N-ethyl adjacent to an activating group) is 1. The van der Waals surface area contributed by atoms with E-state index in [1.54, 1.807) is 0 Å². The van der Waals surface area contributed by atoms with Crippen LogP contribution < -0.4 is 0 Å². The van der Waals surface area contributed by atoms with Crippen LogP contribution in [0.5, 0.6) is 0 Å². The number of hydrogen-bond acceptors (Lipinski definition) is 4. The van der Waals surface area contributed by atoms with Gasteiger partial charge in [-0.1, -0.05) is 30.3 Å². The molecule has 0 N–H and O–H groups in total. The van der Waals surface area contributed by atoms with Gasteiger partial charge in [0.15, 0.2) is 5.82 Å². The van der Waals surface area contributed by atoms with Gasteiger partial charge in [0.05, 0.1) is 5.41 Å². The summed E-state index contributed by atoms with van der Waals surface area (Å²) in [6.07, 6.45) is 4.50. The Hall–Kier alpha value is -1.72. The molecule has 27 heavy (non-hydrogen) atoms. The van der Waals surface area contributed by atoms with E-state index in [1.807, 2.05) is 0 Å². The van der Waals surface area contributed by atoms with E-state index in [-0.39, 0.29) is 5.41 Å². The Bertz CT molecular complexity index is 741. The van der Waals surface area contributed by atoms with Gasteiger partial charge in [-0.25, -0.2) is 4.98 Å². The van der Waals surface area contributed by atoms with Crippen LogP contribution in [-0.2, 0) is 18.4 Å². The molecule has 5 nitrogen and oxygen atoms in total. The van der Waals surface area contributed by atoms with E-state index in [0.717, 1.165) is 31.0 Å². The zero-order valence-electron chi connectivity index (χ0n) is 17.1. The summed E-state index contributed by atoms with van der Waals surface area (Å²) in [4.78, 5) is 10.1. The van der Waals surface area contributed by atoms with Crippen molar-refractivity contribution in [2.45, 2.75) is 57.5 Å². The van der Waals surface area contributed by atoms with Gasteiger partial charge in [0.2, 0.25) is 0 Å². The van der Waals surface area contributed by atoms with E-state index >= 15 is 0 Å². The second kappa shape index (κ2) is 7.72. The monoisotopic (exact) mass is 367 g/mol. The summed E-state index contributed by atoms with van der Waals surface area (Å²) in [5.41, 5.74) is 1.44. The predicted molar refractivity (Wildman–Crippen MR) is 109 cm³/mol. The largest absolute Gasteiger partial charge is 0.304 e. The molecule has 0 amide bonds. The average molecular weight is 368 g/mol. The fourth-order valence-corrected chi connectivity index (χ4v) is 4.32. The average Bonchev–Trinajstić information content (AvgIpc) is 3.41. The highest BCUT2D eigenvalue weighted by atomic mass is 15.4. The Morgan fingerprint density at radius 2 is 1.78 bits per heavy atom. The molecular formula is C22H33N5. The van der Waals surface area contributed by atoms with Crippen LogP contribution in [0.25, 0.3) is 0 Å². The summed E-state index contributed by atoms with van der Waals surface area (Å²) < 4.78 is 2.13. The lowest BCUT2D eigenvalue weighted by Crippen LogP contribution is -2.48. The van der Waals surface area contributed by atoms with Crippen molar-refractivity contribution in [2.24, 2.45) is 0 Å². The number of piperazine rings is 1. The van der Waals surface area contributed by atoms with Crippen molar-refractivity contribution in [3.63, 3.8) is 0 Å². The molecule has 2 fully saturated rings. The summed E-state index contributed by atoms with van der Waals surface area (Å²) in [5.74, 6) is 2.20. The van der Waals surface area contributed by atoms with Crippen LogP contribution in [0.3, 0.4) is 0 Å². The van der Waals surface area contributed by atoms with Crippen molar-refractivity contribution < 1.29 is 0 Å². The Kier molecular flexibility index (Phi) is 5.33. The molecule has 5 heteroatoms. The zero-order chi connectivity index (χ0) is 18.9. The molecule has 2 aromatic rings. The van der Waals surface area contributed by atoms with Crippen LogP contribution in [0.4, 0.5) is 0 Å². The number of hydrogen-bond donors (Lipinski definition) is 0. The fourth-order valence-electron chi connectivity index (χ4n) is 4.32. The number of nitrogens with zero attached hydrogens (tertiary/aromatic N) is 5. The molecule has 0 unspecified atom stereocenters. The maximum absolute atomic E-state index is 5.05. The van der Waals surface area contributed by atoms with Gasteiger partial charge < -0.3 is 4.90 Å². The highest BCUT2D eigenvalue weighted by Gasteiger charge is 2.49. The number of aromatic nitrogens is 3. The van der Waals surface area contributed by atoms with E-state index in [9.17, 15) is 0 Å². The van der Waals surface area contributed by atoms with Gasteiger partial charge in [-0.05, 0) is 45.7 Å². The maximum atomic E-state index is 5.05. The van der Waals surface area contributed by atoms with Crippen LogP contribution >= 0.6 is 0 Å². The minimum atomic E-state index is 0.0689. The lowest BCUT2D eigenvalue weighted by Gasteiger charge is -2.36. The lowest BCUT2D eigenvalue weighted by molar-refractivity contribution is 0.114. The quantitative estimate of drug-likeness (QED) is 0.754. The molecule has 1 aromatic carbocycles. The van der Waals surface area contributed by atoms with Crippen LogP contribution in [0.2, 0.25) is 0 Å². The number of benzene rings is 1. The van der Waals surface area contributed by atoms with E-state index < -0.39 is 0 Å². The molecule has 0 radical (unpaired) electrons. The van der Waals surface area contributed by atoms with Crippen molar-refractivity contribution in [3.8, 4) is 0 Å². The van der Waals surface area contributed by atoms with Gasteiger partial charge in [0.25, 0.3) is 0 Å². The Labute approximate surface area is 163 Å². The van der Waals surface area contributed by atoms with Crippen LogP contribution in [0.15, 0.2) is 30.3 Å². The van der Waals surface area contributed by atoms with E-state index in [4.69, 9.17) is 10.1 Å². The zero-order valence-corrected chi connectivity index (χ0v) is 17.1. The van der Waals surface area contributed by atoms with Gasteiger partial charge in [-0.2, -0.15) is 5.10 Å². The van der Waals surface area contributed by atoms with Crippen molar-refractivity contribution in [2.75, 3.05) is 33.2 Å². The first-order valence-corrected chi connectivity index (χ1v) is 10.5. The molecule has 0 spiro atoms. The summed E-state index contributed by atoms with van der Waals surface area (Å²) >= 11 is 0. The second-order valence-corrected chi connectivity index (χ2v) is 8.34. The Balaban J connectivity index is 1.45. The SMILES string of the molecule is CCn1nc(C2(c3ccccc3)CC2)nc1CC[C@@H](C)N1CCN(C)CC1. The highest BCUT2D eigenvalue weighted by molar-refractivity contribution is 5.39. The first-order valence-electron chi connectivity index (χ1n) is 10.5. The molecular weight excluding hydrogens is 334 g/mol. The van der Waals surface area contributed by atoms with Gasteiger partial charge in [0.1, 0.15) is 5.82 Å². The maximum Gasteiger partial charge on any atom is 0.161 e. The summed E-state index contributed by atoms with van der Waals surface area (Å²) in [5, 5.41) is 4.92. The van der Waals surface area contributed by atoms with E-state index in [1.165, 1.54) is 44.6 Å². The third kappa shape index (κ3) is 3.81. The topological polar surface area (TPSA) is 37.2 Å². The minimum Gasteiger partial charge on any atom is -0.304 e. The van der Waals surface area contributed by atoms with E-state index in [0.29, 0.717) is 6.04 Å². The third-order valence-electron chi connectivity index (χ3n) is 6.50. The standard InChI is InChI=1S/C22H33N5/c1-4-27-20(11-10-18(2)26-16-14-25(3)15-17-26)23-21(24-27)22(12-13-22)19-8-6-5-7-9-19/h5-9,18H,4,10-17H2,1-3H3/t18-/m1/s1. The second-order valence-electron chi connectivity index (χ2n) is 8.34. The molecule has 146 valence electrons. The molecule has 0 bridgehead atoms. The molecule has 4 rings (SSSR count). The minimum absolute atomic E-state index is 0.0689. The normalized spacial score (nSPS) is 21.3. The molecule has 1 aliphatic heterocycles. The van der Waals surface area contributed by atoms with Crippen molar-refractivity contribution >= 4 is 0 Å².